The minimum atomic E-state index is -0.375. The van der Waals surface area contributed by atoms with Crippen LogP contribution in [0, 0.1) is 0 Å². The lowest BCUT2D eigenvalue weighted by Gasteiger charge is -2.22. The number of carbonyl (C=O) groups excluding carboxylic acids is 2. The van der Waals surface area contributed by atoms with Crippen LogP contribution in [-0.2, 0) is 10.5 Å². The number of hydrogen-bond acceptors (Lipinski definition) is 4. The van der Waals surface area contributed by atoms with Crippen LogP contribution < -0.4 is 10.6 Å². The van der Waals surface area contributed by atoms with Crippen LogP contribution in [0.2, 0.25) is 0 Å². The molecule has 0 bridgehead atoms. The molecular formula is C14H20N2O3S. The van der Waals surface area contributed by atoms with E-state index in [2.05, 4.69) is 10.6 Å². The zero-order valence-electron chi connectivity index (χ0n) is 11.4. The van der Waals surface area contributed by atoms with Gasteiger partial charge in [-0.15, -0.1) is 11.8 Å². The summed E-state index contributed by atoms with van der Waals surface area (Å²) in [6.45, 7) is 0. The molecule has 5 nitrogen and oxygen atoms in total. The lowest BCUT2D eigenvalue weighted by Crippen LogP contribution is -2.45. The molecule has 1 heterocycles. The highest BCUT2D eigenvalue weighted by molar-refractivity contribution is 7.99. The van der Waals surface area contributed by atoms with Crippen LogP contribution in [-0.4, -0.2) is 23.7 Å². The predicted molar refractivity (Wildman–Crippen MR) is 78.4 cm³/mol. The maximum atomic E-state index is 11.6. The molecule has 0 aromatic carbocycles. The molecule has 2 rings (SSSR count). The third-order valence-corrected chi connectivity index (χ3v) is 4.21. The summed E-state index contributed by atoms with van der Waals surface area (Å²) in [7, 11) is 0. The first-order valence-corrected chi connectivity index (χ1v) is 8.10. The van der Waals surface area contributed by atoms with E-state index in [4.69, 9.17) is 4.42 Å². The summed E-state index contributed by atoms with van der Waals surface area (Å²) in [5.41, 5.74) is 0. The molecule has 3 amide bonds. The maximum Gasteiger partial charge on any atom is 0.321 e. The molecule has 20 heavy (non-hydrogen) atoms. The van der Waals surface area contributed by atoms with Gasteiger partial charge < -0.3 is 9.73 Å². The largest absolute Gasteiger partial charge is 0.468 e. The van der Waals surface area contributed by atoms with Gasteiger partial charge in [0.1, 0.15) is 5.76 Å². The van der Waals surface area contributed by atoms with E-state index in [1.807, 2.05) is 12.1 Å². The summed E-state index contributed by atoms with van der Waals surface area (Å²) < 4.78 is 5.17. The van der Waals surface area contributed by atoms with Gasteiger partial charge in [0.15, 0.2) is 0 Å². The van der Waals surface area contributed by atoms with Crippen molar-refractivity contribution < 1.29 is 14.0 Å². The van der Waals surface area contributed by atoms with Crippen molar-refractivity contribution in [3.8, 4) is 0 Å². The molecule has 1 fully saturated rings. The summed E-state index contributed by atoms with van der Waals surface area (Å²) in [4.78, 5) is 23.2. The van der Waals surface area contributed by atoms with E-state index in [-0.39, 0.29) is 23.7 Å². The highest BCUT2D eigenvalue weighted by Crippen LogP contribution is 2.17. The van der Waals surface area contributed by atoms with Gasteiger partial charge in [0, 0.05) is 6.04 Å². The van der Waals surface area contributed by atoms with E-state index in [0.717, 1.165) is 31.4 Å². The minimum absolute atomic E-state index is 0.215. The second-order valence-electron chi connectivity index (χ2n) is 4.93. The molecule has 110 valence electrons. The monoisotopic (exact) mass is 296 g/mol. The van der Waals surface area contributed by atoms with Crippen LogP contribution in [0.4, 0.5) is 4.79 Å². The van der Waals surface area contributed by atoms with Gasteiger partial charge in [0.25, 0.3) is 0 Å². The van der Waals surface area contributed by atoms with E-state index in [9.17, 15) is 9.59 Å². The van der Waals surface area contributed by atoms with Crippen molar-refractivity contribution in [2.75, 3.05) is 5.75 Å². The molecule has 6 heteroatoms. The lowest BCUT2D eigenvalue weighted by atomic mass is 9.96. The van der Waals surface area contributed by atoms with E-state index < -0.39 is 0 Å². The van der Waals surface area contributed by atoms with Gasteiger partial charge in [0.2, 0.25) is 5.91 Å². The highest BCUT2D eigenvalue weighted by atomic mass is 32.2. The number of imide groups is 1. The molecule has 0 unspecified atom stereocenters. The van der Waals surface area contributed by atoms with Gasteiger partial charge in [-0.05, 0) is 25.0 Å². The van der Waals surface area contributed by atoms with Crippen molar-refractivity contribution in [1.29, 1.82) is 0 Å². The summed E-state index contributed by atoms with van der Waals surface area (Å²) in [6.07, 6.45) is 7.16. The second-order valence-corrected chi connectivity index (χ2v) is 5.91. The quantitative estimate of drug-likeness (QED) is 0.876. The Balaban J connectivity index is 1.59. The van der Waals surface area contributed by atoms with Crippen molar-refractivity contribution in [3.63, 3.8) is 0 Å². The first kappa shape index (κ1) is 15.0. The summed E-state index contributed by atoms with van der Waals surface area (Å²) in [6, 6.07) is 3.52. The first-order valence-electron chi connectivity index (χ1n) is 6.94. The zero-order valence-corrected chi connectivity index (χ0v) is 12.2. The molecule has 0 radical (unpaired) electrons. The fraction of sp³-hybridized carbons (Fsp3) is 0.571. The number of urea groups is 1. The molecule has 1 aliphatic rings. The Morgan fingerprint density at radius 1 is 1.30 bits per heavy atom. The highest BCUT2D eigenvalue weighted by Gasteiger charge is 2.16. The van der Waals surface area contributed by atoms with Gasteiger partial charge in [-0.3, -0.25) is 10.1 Å². The Morgan fingerprint density at radius 3 is 2.80 bits per heavy atom. The van der Waals surface area contributed by atoms with Crippen LogP contribution in [0.15, 0.2) is 22.8 Å². The Morgan fingerprint density at radius 2 is 2.10 bits per heavy atom. The number of thioether (sulfide) groups is 1. The van der Waals surface area contributed by atoms with E-state index in [1.54, 1.807) is 6.26 Å². The van der Waals surface area contributed by atoms with Gasteiger partial charge in [-0.2, -0.15) is 0 Å². The standard InChI is InChI=1S/C14H20N2O3S/c17-13(10-20-9-12-7-4-8-19-12)16-14(18)15-11-5-2-1-3-6-11/h4,7-8,11H,1-3,5-6,9-10H2,(H2,15,16,17,18). The van der Waals surface area contributed by atoms with Gasteiger partial charge in [-0.1, -0.05) is 19.3 Å². The average Bonchev–Trinajstić information content (AvgIpc) is 2.93. The Kier molecular flexibility index (Phi) is 5.98. The number of hydrogen-bond donors (Lipinski definition) is 2. The SMILES string of the molecule is O=C(CSCc1ccco1)NC(=O)NC1CCCCC1. The third-order valence-electron chi connectivity index (χ3n) is 3.25. The molecular weight excluding hydrogens is 276 g/mol. The van der Waals surface area contributed by atoms with Crippen molar-refractivity contribution >= 4 is 23.7 Å². The van der Waals surface area contributed by atoms with Crippen molar-refractivity contribution in [1.82, 2.24) is 10.6 Å². The Bertz CT molecular complexity index is 428. The number of amides is 3. The molecule has 0 aliphatic heterocycles. The fourth-order valence-corrected chi connectivity index (χ4v) is 3.00. The van der Waals surface area contributed by atoms with Crippen LogP contribution in [0.3, 0.4) is 0 Å². The minimum Gasteiger partial charge on any atom is -0.468 e. The topological polar surface area (TPSA) is 71.3 Å². The van der Waals surface area contributed by atoms with Crippen molar-refractivity contribution in [2.45, 2.75) is 43.9 Å². The molecule has 2 N–H and O–H groups in total. The number of furan rings is 1. The molecule has 1 saturated carbocycles. The average molecular weight is 296 g/mol. The molecule has 1 aromatic rings. The smallest absolute Gasteiger partial charge is 0.321 e. The van der Waals surface area contributed by atoms with Crippen LogP contribution in [0.25, 0.3) is 0 Å². The predicted octanol–water partition coefficient (Wildman–Crippen LogP) is 2.67. The third kappa shape index (κ3) is 5.28. The van der Waals surface area contributed by atoms with E-state index >= 15 is 0 Å². The van der Waals surface area contributed by atoms with Gasteiger partial charge in [-0.25, -0.2) is 4.79 Å². The van der Waals surface area contributed by atoms with Crippen molar-refractivity contribution in [3.05, 3.63) is 24.2 Å². The Labute approximate surface area is 122 Å². The van der Waals surface area contributed by atoms with Gasteiger partial charge >= 0.3 is 6.03 Å². The number of rotatable bonds is 5. The maximum absolute atomic E-state index is 11.6. The Hall–Kier alpha value is -1.43. The molecule has 0 atom stereocenters. The molecule has 1 aromatic heterocycles. The summed E-state index contributed by atoms with van der Waals surface area (Å²) >= 11 is 1.42. The molecule has 0 spiro atoms. The molecule has 0 saturated heterocycles. The first-order chi connectivity index (χ1) is 9.74. The zero-order chi connectivity index (χ0) is 14.2. The van der Waals surface area contributed by atoms with E-state index in [1.165, 1.54) is 18.2 Å². The fourth-order valence-electron chi connectivity index (χ4n) is 2.27. The van der Waals surface area contributed by atoms with Crippen LogP contribution in [0.1, 0.15) is 37.9 Å². The van der Waals surface area contributed by atoms with E-state index in [0.29, 0.717) is 5.75 Å². The lowest BCUT2D eigenvalue weighted by molar-refractivity contribution is -0.117. The van der Waals surface area contributed by atoms with Crippen molar-refractivity contribution in [2.24, 2.45) is 0 Å². The number of carbonyl (C=O) groups is 2. The van der Waals surface area contributed by atoms with Gasteiger partial charge in [0.05, 0.1) is 17.8 Å². The normalized spacial score (nSPS) is 15.8. The summed E-state index contributed by atoms with van der Waals surface area (Å²) in [5, 5.41) is 5.22. The molecule has 1 aliphatic carbocycles. The second kappa shape index (κ2) is 7.99. The van der Waals surface area contributed by atoms with Crippen LogP contribution >= 0.6 is 11.8 Å². The summed E-state index contributed by atoms with van der Waals surface area (Å²) in [5.74, 6) is 1.44. The number of nitrogens with one attached hydrogen (secondary N) is 2. The van der Waals surface area contributed by atoms with Crippen LogP contribution in [0.5, 0.6) is 0 Å².